The Morgan fingerprint density at radius 2 is 1.92 bits per heavy atom. The van der Waals surface area contributed by atoms with Gasteiger partial charge in [0.2, 0.25) is 0 Å². The van der Waals surface area contributed by atoms with Crippen LogP contribution in [0.1, 0.15) is 30.9 Å². The maximum absolute atomic E-state index is 2.31. The molecule has 0 N–H and O–H groups in total. The largest absolute Gasteiger partial charge is 0.0798 e. The summed E-state index contributed by atoms with van der Waals surface area (Å²) < 4.78 is 0. The van der Waals surface area contributed by atoms with Gasteiger partial charge in [0, 0.05) is 0 Å². The standard InChI is InChI=1S/C13H14/c1-2-11-6-5-9-12-7-3-4-8-13(12)10-11/h3-5,7-10H,2,6H2,1H3. The van der Waals surface area contributed by atoms with Crippen molar-refractivity contribution in [3.05, 3.63) is 47.0 Å². The summed E-state index contributed by atoms with van der Waals surface area (Å²) in [5.74, 6) is 0. The van der Waals surface area contributed by atoms with Crippen molar-refractivity contribution in [1.29, 1.82) is 0 Å². The number of rotatable bonds is 1. The topological polar surface area (TPSA) is 0 Å². The van der Waals surface area contributed by atoms with E-state index in [1.54, 1.807) is 0 Å². The van der Waals surface area contributed by atoms with Crippen LogP contribution in [-0.4, -0.2) is 0 Å². The Bertz CT molecular complexity index is 356. The van der Waals surface area contributed by atoms with Crippen molar-refractivity contribution in [2.45, 2.75) is 19.8 Å². The van der Waals surface area contributed by atoms with Crippen molar-refractivity contribution in [2.75, 3.05) is 0 Å². The molecule has 1 aromatic rings. The quantitative estimate of drug-likeness (QED) is 0.599. The second-order valence-corrected chi connectivity index (χ2v) is 3.39. The summed E-state index contributed by atoms with van der Waals surface area (Å²) in [4.78, 5) is 0. The molecular weight excluding hydrogens is 156 g/mol. The highest BCUT2D eigenvalue weighted by Gasteiger charge is 2.01. The third-order valence-electron chi connectivity index (χ3n) is 2.49. The minimum absolute atomic E-state index is 1.10. The van der Waals surface area contributed by atoms with Crippen LogP contribution in [0.25, 0.3) is 12.2 Å². The van der Waals surface area contributed by atoms with Gasteiger partial charge in [-0.1, -0.05) is 55.0 Å². The van der Waals surface area contributed by atoms with Gasteiger partial charge in [-0.05, 0) is 24.0 Å². The Balaban J connectivity index is 2.49. The van der Waals surface area contributed by atoms with Gasteiger partial charge in [-0.25, -0.2) is 0 Å². The van der Waals surface area contributed by atoms with Crippen LogP contribution in [0.5, 0.6) is 0 Å². The number of fused-ring (bicyclic) bond motifs is 1. The van der Waals surface area contributed by atoms with Gasteiger partial charge in [0.05, 0.1) is 0 Å². The fourth-order valence-electron chi connectivity index (χ4n) is 1.66. The molecule has 0 fully saturated rings. The number of hydrogen-bond acceptors (Lipinski definition) is 0. The Hall–Kier alpha value is -1.30. The number of hydrogen-bond donors (Lipinski definition) is 0. The van der Waals surface area contributed by atoms with Gasteiger partial charge in [-0.15, -0.1) is 0 Å². The molecule has 0 atom stereocenters. The van der Waals surface area contributed by atoms with E-state index in [1.807, 2.05) is 0 Å². The first-order chi connectivity index (χ1) is 6.40. The zero-order valence-corrected chi connectivity index (χ0v) is 7.96. The van der Waals surface area contributed by atoms with E-state index in [-0.39, 0.29) is 0 Å². The Morgan fingerprint density at radius 1 is 1.15 bits per heavy atom. The van der Waals surface area contributed by atoms with Crippen molar-refractivity contribution in [3.8, 4) is 0 Å². The van der Waals surface area contributed by atoms with Crippen LogP contribution in [0.2, 0.25) is 0 Å². The molecule has 2 rings (SSSR count). The van der Waals surface area contributed by atoms with Crippen molar-refractivity contribution in [1.82, 2.24) is 0 Å². The summed E-state index contributed by atoms with van der Waals surface area (Å²) >= 11 is 0. The Labute approximate surface area is 79.6 Å². The molecule has 0 aliphatic heterocycles. The van der Waals surface area contributed by atoms with Crippen LogP contribution < -0.4 is 0 Å². The third kappa shape index (κ3) is 1.72. The van der Waals surface area contributed by atoms with Gasteiger partial charge < -0.3 is 0 Å². The molecule has 1 aliphatic carbocycles. The highest BCUT2D eigenvalue weighted by molar-refractivity contribution is 5.68. The molecular formula is C13H14. The van der Waals surface area contributed by atoms with Gasteiger partial charge >= 0.3 is 0 Å². The highest BCUT2D eigenvalue weighted by atomic mass is 14.1. The second-order valence-electron chi connectivity index (χ2n) is 3.39. The van der Waals surface area contributed by atoms with Gasteiger partial charge in [0.25, 0.3) is 0 Å². The summed E-state index contributed by atoms with van der Waals surface area (Å²) in [5, 5.41) is 0. The van der Waals surface area contributed by atoms with Crippen LogP contribution in [0.4, 0.5) is 0 Å². The predicted molar refractivity (Wildman–Crippen MR) is 58.4 cm³/mol. The first kappa shape index (κ1) is 8.31. The van der Waals surface area contributed by atoms with Gasteiger partial charge in [0.15, 0.2) is 0 Å². The average Bonchev–Trinajstić information content (AvgIpc) is 2.38. The minimum Gasteiger partial charge on any atom is -0.0798 e. The monoisotopic (exact) mass is 170 g/mol. The van der Waals surface area contributed by atoms with Crippen LogP contribution >= 0.6 is 0 Å². The SMILES string of the molecule is CCC1=Cc2ccccc2C=CC1. The molecule has 1 aromatic carbocycles. The van der Waals surface area contributed by atoms with Gasteiger partial charge in [-0.2, -0.15) is 0 Å². The second kappa shape index (κ2) is 3.61. The highest BCUT2D eigenvalue weighted by Crippen LogP contribution is 2.22. The predicted octanol–water partition coefficient (Wildman–Crippen LogP) is 3.90. The summed E-state index contributed by atoms with van der Waals surface area (Å²) in [6.45, 7) is 2.22. The summed E-state index contributed by atoms with van der Waals surface area (Å²) in [5.41, 5.74) is 4.21. The normalized spacial score (nSPS) is 14.7. The zero-order chi connectivity index (χ0) is 9.10. The van der Waals surface area contributed by atoms with E-state index in [0.717, 1.165) is 12.8 Å². The lowest BCUT2D eigenvalue weighted by molar-refractivity contribution is 1.05. The third-order valence-corrected chi connectivity index (χ3v) is 2.49. The Kier molecular flexibility index (Phi) is 2.31. The van der Waals surface area contributed by atoms with E-state index in [1.165, 1.54) is 16.7 Å². The molecule has 0 saturated heterocycles. The van der Waals surface area contributed by atoms with E-state index in [9.17, 15) is 0 Å². The van der Waals surface area contributed by atoms with Gasteiger partial charge in [-0.3, -0.25) is 0 Å². The summed E-state index contributed by atoms with van der Waals surface area (Å²) in [6.07, 6.45) is 9.04. The average molecular weight is 170 g/mol. The van der Waals surface area contributed by atoms with E-state index in [2.05, 4.69) is 49.4 Å². The van der Waals surface area contributed by atoms with Crippen molar-refractivity contribution >= 4 is 12.2 Å². The number of benzene rings is 1. The van der Waals surface area contributed by atoms with Crippen molar-refractivity contribution in [2.24, 2.45) is 0 Å². The molecule has 1 aliphatic rings. The molecule has 0 bridgehead atoms. The van der Waals surface area contributed by atoms with E-state index < -0.39 is 0 Å². The summed E-state index contributed by atoms with van der Waals surface area (Å²) in [7, 11) is 0. The van der Waals surface area contributed by atoms with Crippen LogP contribution in [0, 0.1) is 0 Å². The lowest BCUT2D eigenvalue weighted by Gasteiger charge is -2.00. The molecule has 0 heterocycles. The maximum atomic E-state index is 2.31. The lowest BCUT2D eigenvalue weighted by Crippen LogP contribution is -1.79. The van der Waals surface area contributed by atoms with Gasteiger partial charge in [0.1, 0.15) is 0 Å². The van der Waals surface area contributed by atoms with E-state index in [4.69, 9.17) is 0 Å². The smallest absolute Gasteiger partial charge is 0.0132 e. The zero-order valence-electron chi connectivity index (χ0n) is 7.96. The van der Waals surface area contributed by atoms with Crippen molar-refractivity contribution < 1.29 is 0 Å². The van der Waals surface area contributed by atoms with Crippen LogP contribution in [0.15, 0.2) is 35.9 Å². The van der Waals surface area contributed by atoms with Crippen LogP contribution in [0.3, 0.4) is 0 Å². The molecule has 0 nitrogen and oxygen atoms in total. The van der Waals surface area contributed by atoms with Crippen LogP contribution in [-0.2, 0) is 0 Å². The molecule has 0 saturated carbocycles. The fourth-order valence-corrected chi connectivity index (χ4v) is 1.66. The number of allylic oxidation sites excluding steroid dienone is 2. The molecule has 66 valence electrons. The van der Waals surface area contributed by atoms with E-state index in [0.29, 0.717) is 0 Å². The summed E-state index contributed by atoms with van der Waals surface area (Å²) in [6, 6.07) is 8.54. The Morgan fingerprint density at radius 3 is 2.69 bits per heavy atom. The molecule has 0 heteroatoms. The maximum Gasteiger partial charge on any atom is -0.0132 e. The first-order valence-corrected chi connectivity index (χ1v) is 4.85. The first-order valence-electron chi connectivity index (χ1n) is 4.85. The molecule has 0 amide bonds. The lowest BCUT2D eigenvalue weighted by atomic mass is 10.1. The molecule has 0 radical (unpaired) electrons. The van der Waals surface area contributed by atoms with Crippen molar-refractivity contribution in [3.63, 3.8) is 0 Å². The molecule has 0 aromatic heterocycles. The molecule has 13 heavy (non-hydrogen) atoms. The van der Waals surface area contributed by atoms with E-state index >= 15 is 0 Å². The minimum atomic E-state index is 1.10. The molecule has 0 unspecified atom stereocenters. The fraction of sp³-hybridized carbons (Fsp3) is 0.231. The molecule has 0 spiro atoms.